The maximum absolute atomic E-state index is 11.6. The number of rotatable bonds is 4. The highest BCUT2D eigenvalue weighted by Crippen LogP contribution is 2.32. The van der Waals surface area contributed by atoms with Gasteiger partial charge in [-0.25, -0.2) is 4.98 Å². The number of ether oxygens (including phenoxy) is 1. The van der Waals surface area contributed by atoms with Crippen LogP contribution in [-0.2, 0) is 16.1 Å². The SMILES string of the molecule is COC(=O)C1(C)CN(Cc2ccc(N3CCCC3)nc2)C1. The quantitative estimate of drug-likeness (QED) is 0.789. The maximum atomic E-state index is 11.6. The van der Waals surface area contributed by atoms with E-state index in [4.69, 9.17) is 4.74 Å². The summed E-state index contributed by atoms with van der Waals surface area (Å²) in [5.74, 6) is 0.973. The Kier molecular flexibility index (Phi) is 3.85. The molecule has 0 N–H and O–H groups in total. The van der Waals surface area contributed by atoms with Gasteiger partial charge in [0, 0.05) is 38.9 Å². The van der Waals surface area contributed by atoms with Crippen LogP contribution in [0, 0.1) is 5.41 Å². The van der Waals surface area contributed by atoms with Crippen LogP contribution in [0.5, 0.6) is 0 Å². The fourth-order valence-electron chi connectivity index (χ4n) is 3.33. The van der Waals surface area contributed by atoms with Crippen LogP contribution >= 0.6 is 0 Å². The standard InChI is InChI=1S/C16H23N3O2/c1-16(15(20)21-2)11-18(12-16)10-13-5-6-14(17-9-13)19-7-3-4-8-19/h5-6,9H,3-4,7-8,10-12H2,1-2H3. The molecule has 0 atom stereocenters. The van der Waals surface area contributed by atoms with Crippen LogP contribution < -0.4 is 4.90 Å². The Morgan fingerprint density at radius 3 is 2.62 bits per heavy atom. The monoisotopic (exact) mass is 289 g/mol. The molecule has 0 aliphatic carbocycles. The van der Waals surface area contributed by atoms with Crippen molar-refractivity contribution in [2.75, 3.05) is 38.2 Å². The number of hydrogen-bond acceptors (Lipinski definition) is 5. The summed E-state index contributed by atoms with van der Waals surface area (Å²) in [5.41, 5.74) is 0.863. The first-order valence-corrected chi connectivity index (χ1v) is 7.61. The van der Waals surface area contributed by atoms with E-state index in [1.54, 1.807) is 0 Å². The molecule has 3 rings (SSSR count). The van der Waals surface area contributed by atoms with E-state index in [2.05, 4.69) is 26.9 Å². The molecule has 0 bridgehead atoms. The molecule has 0 amide bonds. The summed E-state index contributed by atoms with van der Waals surface area (Å²) in [6.07, 6.45) is 4.49. The first-order chi connectivity index (χ1) is 10.1. The number of aromatic nitrogens is 1. The number of nitrogens with zero attached hydrogens (tertiary/aromatic N) is 3. The third kappa shape index (κ3) is 2.88. The molecule has 114 valence electrons. The lowest BCUT2D eigenvalue weighted by molar-refractivity contribution is -0.162. The van der Waals surface area contributed by atoms with Crippen molar-refractivity contribution < 1.29 is 9.53 Å². The number of esters is 1. The van der Waals surface area contributed by atoms with Crippen LogP contribution in [0.4, 0.5) is 5.82 Å². The first kappa shape index (κ1) is 14.3. The van der Waals surface area contributed by atoms with Gasteiger partial charge in [0.1, 0.15) is 5.82 Å². The van der Waals surface area contributed by atoms with Crippen molar-refractivity contribution in [2.24, 2.45) is 5.41 Å². The minimum absolute atomic E-state index is 0.110. The molecule has 0 spiro atoms. The van der Waals surface area contributed by atoms with E-state index in [0.29, 0.717) is 0 Å². The molecular formula is C16H23N3O2. The second kappa shape index (κ2) is 5.64. The maximum Gasteiger partial charge on any atom is 0.314 e. The first-order valence-electron chi connectivity index (χ1n) is 7.61. The molecule has 2 fully saturated rings. The van der Waals surface area contributed by atoms with Gasteiger partial charge in [-0.15, -0.1) is 0 Å². The molecular weight excluding hydrogens is 266 g/mol. The van der Waals surface area contributed by atoms with Gasteiger partial charge >= 0.3 is 5.97 Å². The number of pyridine rings is 1. The minimum atomic E-state index is -0.336. The van der Waals surface area contributed by atoms with Crippen molar-refractivity contribution in [3.8, 4) is 0 Å². The van der Waals surface area contributed by atoms with E-state index in [-0.39, 0.29) is 11.4 Å². The Bertz CT molecular complexity index is 503. The van der Waals surface area contributed by atoms with E-state index < -0.39 is 0 Å². The number of hydrogen-bond donors (Lipinski definition) is 0. The predicted octanol–water partition coefficient (Wildman–Crippen LogP) is 1.68. The minimum Gasteiger partial charge on any atom is -0.469 e. The highest BCUT2D eigenvalue weighted by molar-refractivity contribution is 5.78. The molecule has 0 saturated carbocycles. The second-order valence-corrected chi connectivity index (χ2v) is 6.42. The fourth-order valence-corrected chi connectivity index (χ4v) is 3.33. The molecule has 2 aliphatic heterocycles. The number of anilines is 1. The van der Waals surface area contributed by atoms with Crippen LogP contribution in [0.2, 0.25) is 0 Å². The highest BCUT2D eigenvalue weighted by atomic mass is 16.5. The molecule has 1 aromatic rings. The molecule has 2 aliphatic rings. The normalized spacial score (nSPS) is 21.1. The lowest BCUT2D eigenvalue weighted by Crippen LogP contribution is -2.58. The molecule has 0 unspecified atom stereocenters. The van der Waals surface area contributed by atoms with Gasteiger partial charge in [0.2, 0.25) is 0 Å². The number of carbonyl (C=O) groups is 1. The van der Waals surface area contributed by atoms with Gasteiger partial charge in [0.15, 0.2) is 0 Å². The molecule has 1 aromatic heterocycles. The third-order valence-corrected chi connectivity index (χ3v) is 4.47. The number of carbonyl (C=O) groups excluding carboxylic acids is 1. The molecule has 2 saturated heterocycles. The predicted molar refractivity (Wildman–Crippen MR) is 81.1 cm³/mol. The van der Waals surface area contributed by atoms with Crippen LogP contribution in [0.25, 0.3) is 0 Å². The van der Waals surface area contributed by atoms with Crippen molar-refractivity contribution in [3.63, 3.8) is 0 Å². The average molecular weight is 289 g/mol. The van der Waals surface area contributed by atoms with Crippen molar-refractivity contribution in [1.82, 2.24) is 9.88 Å². The Morgan fingerprint density at radius 2 is 2.05 bits per heavy atom. The summed E-state index contributed by atoms with van der Waals surface area (Å²) in [4.78, 5) is 20.8. The molecule has 0 aromatic carbocycles. The zero-order chi connectivity index (χ0) is 14.9. The third-order valence-electron chi connectivity index (χ3n) is 4.47. The van der Waals surface area contributed by atoms with E-state index in [0.717, 1.165) is 38.5 Å². The molecule has 5 heteroatoms. The van der Waals surface area contributed by atoms with Gasteiger partial charge in [0.05, 0.1) is 12.5 Å². The van der Waals surface area contributed by atoms with Gasteiger partial charge in [-0.3, -0.25) is 9.69 Å². The molecule has 3 heterocycles. The Labute approximate surface area is 125 Å². The van der Waals surface area contributed by atoms with Crippen LogP contribution in [0.15, 0.2) is 18.3 Å². The summed E-state index contributed by atoms with van der Waals surface area (Å²) in [7, 11) is 1.46. The summed E-state index contributed by atoms with van der Waals surface area (Å²) in [6, 6.07) is 4.26. The zero-order valence-corrected chi connectivity index (χ0v) is 12.8. The second-order valence-electron chi connectivity index (χ2n) is 6.42. The summed E-state index contributed by atoms with van der Waals surface area (Å²) in [6.45, 7) is 6.57. The largest absolute Gasteiger partial charge is 0.469 e. The average Bonchev–Trinajstić information content (AvgIpc) is 2.99. The lowest BCUT2D eigenvalue weighted by atomic mass is 9.82. The van der Waals surface area contributed by atoms with E-state index in [9.17, 15) is 4.79 Å². The summed E-state index contributed by atoms with van der Waals surface area (Å²) < 4.78 is 4.84. The van der Waals surface area contributed by atoms with Crippen molar-refractivity contribution in [3.05, 3.63) is 23.9 Å². The molecule has 5 nitrogen and oxygen atoms in total. The molecule has 0 radical (unpaired) electrons. The van der Waals surface area contributed by atoms with Crippen molar-refractivity contribution in [1.29, 1.82) is 0 Å². The van der Waals surface area contributed by atoms with E-state index in [1.165, 1.54) is 25.5 Å². The van der Waals surface area contributed by atoms with Gasteiger partial charge in [0.25, 0.3) is 0 Å². The Balaban J connectivity index is 1.54. The van der Waals surface area contributed by atoms with Gasteiger partial charge in [-0.05, 0) is 31.4 Å². The van der Waals surface area contributed by atoms with E-state index in [1.807, 2.05) is 13.1 Å². The summed E-state index contributed by atoms with van der Waals surface area (Å²) >= 11 is 0. The van der Waals surface area contributed by atoms with Gasteiger partial charge in [-0.1, -0.05) is 6.07 Å². The van der Waals surface area contributed by atoms with Gasteiger partial charge < -0.3 is 9.64 Å². The van der Waals surface area contributed by atoms with Crippen molar-refractivity contribution >= 4 is 11.8 Å². The fraction of sp³-hybridized carbons (Fsp3) is 0.625. The smallest absolute Gasteiger partial charge is 0.314 e. The highest BCUT2D eigenvalue weighted by Gasteiger charge is 2.45. The van der Waals surface area contributed by atoms with Crippen LogP contribution in [0.1, 0.15) is 25.3 Å². The van der Waals surface area contributed by atoms with Crippen LogP contribution in [0.3, 0.4) is 0 Å². The van der Waals surface area contributed by atoms with E-state index >= 15 is 0 Å². The Hall–Kier alpha value is -1.62. The number of methoxy groups -OCH3 is 1. The summed E-state index contributed by atoms with van der Waals surface area (Å²) in [5, 5.41) is 0. The van der Waals surface area contributed by atoms with Crippen LogP contribution in [-0.4, -0.2) is 49.1 Å². The Morgan fingerprint density at radius 1 is 1.33 bits per heavy atom. The topological polar surface area (TPSA) is 45.7 Å². The number of likely N-dealkylation sites (tertiary alicyclic amines) is 1. The zero-order valence-electron chi connectivity index (χ0n) is 12.8. The lowest BCUT2D eigenvalue weighted by Gasteiger charge is -2.45. The van der Waals surface area contributed by atoms with Gasteiger partial charge in [-0.2, -0.15) is 0 Å². The van der Waals surface area contributed by atoms with Crippen molar-refractivity contribution in [2.45, 2.75) is 26.3 Å². The molecule has 21 heavy (non-hydrogen) atoms.